The molecule has 0 atom stereocenters. The monoisotopic (exact) mass is 214 g/mol. The van der Waals surface area contributed by atoms with Gasteiger partial charge in [0.1, 0.15) is 0 Å². The molecule has 0 aromatic carbocycles. The Labute approximate surface area is 76.9 Å². The molecule has 0 aliphatic rings. The number of hydrogen-bond acceptors (Lipinski definition) is 5. The summed E-state index contributed by atoms with van der Waals surface area (Å²) in [5, 5.41) is 0. The van der Waals surface area contributed by atoms with Crippen LogP contribution in [0.4, 0.5) is 0 Å². The van der Waals surface area contributed by atoms with Crippen LogP contribution in [0.2, 0.25) is 0 Å². The molecule has 0 amide bonds. The second-order valence-corrected chi connectivity index (χ2v) is 6.50. The maximum atomic E-state index is 11.0. The molecule has 0 spiro atoms. The number of ether oxygens (including phenoxy) is 2. The summed E-state index contributed by atoms with van der Waals surface area (Å²) < 4.78 is 31.7. The molecule has 0 heterocycles. The van der Waals surface area contributed by atoms with Gasteiger partial charge in [-0.1, -0.05) is 0 Å². The van der Waals surface area contributed by atoms with E-state index in [2.05, 4.69) is 0 Å². The van der Waals surface area contributed by atoms with Crippen LogP contribution < -0.4 is 0 Å². The van der Waals surface area contributed by atoms with Crippen molar-refractivity contribution in [3.8, 4) is 0 Å². The number of rotatable bonds is 6. The van der Waals surface area contributed by atoms with Crippen molar-refractivity contribution in [3.63, 3.8) is 0 Å². The molecule has 0 aromatic heterocycles. The van der Waals surface area contributed by atoms with Crippen molar-refractivity contribution in [1.82, 2.24) is 0 Å². The topological polar surface area (TPSA) is 52.6 Å². The van der Waals surface area contributed by atoms with Gasteiger partial charge in [0.15, 0.2) is 6.29 Å². The molecule has 0 aliphatic heterocycles. The summed E-state index contributed by atoms with van der Waals surface area (Å²) in [5.74, 6) is 0.0838. The Hall–Kier alpha value is 0.220. The summed E-state index contributed by atoms with van der Waals surface area (Å²) in [4.78, 5) is 0. The third kappa shape index (κ3) is 4.97. The lowest BCUT2D eigenvalue weighted by Gasteiger charge is -2.11. The van der Waals surface area contributed by atoms with E-state index < -0.39 is 15.2 Å². The molecule has 0 N–H and O–H groups in total. The molecule has 74 valence electrons. The molecule has 0 aromatic rings. The van der Waals surface area contributed by atoms with E-state index in [1.54, 1.807) is 6.26 Å². The number of hydrogen-bond donors (Lipinski definition) is 0. The van der Waals surface area contributed by atoms with Gasteiger partial charge in [-0.25, -0.2) is 8.42 Å². The Morgan fingerprint density at radius 1 is 1.33 bits per heavy atom. The van der Waals surface area contributed by atoms with Crippen LogP contribution in [0.25, 0.3) is 0 Å². The summed E-state index contributed by atoms with van der Waals surface area (Å²) in [5.41, 5.74) is 0. The fourth-order valence-corrected chi connectivity index (χ4v) is 2.09. The molecule has 0 radical (unpaired) electrons. The van der Waals surface area contributed by atoms with Crippen LogP contribution in [-0.4, -0.2) is 40.9 Å². The molecule has 12 heavy (non-hydrogen) atoms. The molecule has 6 heteroatoms. The van der Waals surface area contributed by atoms with Gasteiger partial charge in [-0.3, -0.25) is 0 Å². The van der Waals surface area contributed by atoms with E-state index in [0.717, 1.165) is 10.8 Å². The summed E-state index contributed by atoms with van der Waals surface area (Å²) in [6.07, 6.45) is 1.49. The van der Waals surface area contributed by atoms with Crippen molar-refractivity contribution in [1.29, 1.82) is 0 Å². The van der Waals surface area contributed by atoms with E-state index in [4.69, 9.17) is 9.47 Å². The normalized spacial score (nSPS) is 12.3. The highest BCUT2D eigenvalue weighted by atomic mass is 33.1. The molecule has 0 unspecified atom stereocenters. The van der Waals surface area contributed by atoms with Gasteiger partial charge in [-0.05, 0) is 17.0 Å². The Morgan fingerprint density at radius 3 is 2.17 bits per heavy atom. The van der Waals surface area contributed by atoms with Crippen LogP contribution in [0.15, 0.2) is 0 Å². The SMILES string of the molecule is COC(CCS(=O)(=O)SC)OC. The highest BCUT2D eigenvalue weighted by molar-refractivity contribution is 8.71. The zero-order valence-electron chi connectivity index (χ0n) is 7.44. The smallest absolute Gasteiger partial charge is 0.201 e. The molecule has 0 saturated heterocycles. The molecule has 0 aliphatic carbocycles. The van der Waals surface area contributed by atoms with E-state index in [0.29, 0.717) is 6.42 Å². The molecule has 0 rings (SSSR count). The molecule has 0 saturated carbocycles. The Morgan fingerprint density at radius 2 is 1.83 bits per heavy atom. The maximum Gasteiger partial charge on any atom is 0.201 e. The molecule has 0 bridgehead atoms. The predicted molar refractivity (Wildman–Crippen MR) is 49.7 cm³/mol. The van der Waals surface area contributed by atoms with Gasteiger partial charge in [0.2, 0.25) is 8.87 Å². The lowest BCUT2D eigenvalue weighted by Crippen LogP contribution is -2.17. The van der Waals surface area contributed by atoms with Crippen LogP contribution in [0.3, 0.4) is 0 Å². The van der Waals surface area contributed by atoms with Crippen LogP contribution in [-0.2, 0) is 18.3 Å². The summed E-state index contributed by atoms with van der Waals surface area (Å²) in [6, 6.07) is 0. The Balaban J connectivity index is 3.81. The third-order valence-corrected chi connectivity index (χ3v) is 4.65. The lowest BCUT2D eigenvalue weighted by atomic mass is 10.5. The van der Waals surface area contributed by atoms with Gasteiger partial charge in [0, 0.05) is 20.6 Å². The van der Waals surface area contributed by atoms with Crippen molar-refractivity contribution in [2.24, 2.45) is 0 Å². The zero-order valence-corrected chi connectivity index (χ0v) is 9.07. The first-order valence-electron chi connectivity index (χ1n) is 3.39. The average molecular weight is 214 g/mol. The fourth-order valence-electron chi connectivity index (χ4n) is 0.656. The molecular formula is C6H14O4S2. The Bertz CT molecular complexity index is 196. The van der Waals surface area contributed by atoms with Gasteiger partial charge in [0.25, 0.3) is 0 Å². The Kier molecular flexibility index (Phi) is 5.90. The van der Waals surface area contributed by atoms with E-state index >= 15 is 0 Å². The van der Waals surface area contributed by atoms with Crippen molar-refractivity contribution in [2.75, 3.05) is 26.2 Å². The first-order chi connectivity index (χ1) is 5.55. The van der Waals surface area contributed by atoms with Crippen molar-refractivity contribution in [3.05, 3.63) is 0 Å². The lowest BCUT2D eigenvalue weighted by molar-refractivity contribution is -0.102. The largest absolute Gasteiger partial charge is 0.356 e. The number of methoxy groups -OCH3 is 2. The van der Waals surface area contributed by atoms with E-state index in [1.165, 1.54) is 14.2 Å². The van der Waals surface area contributed by atoms with Gasteiger partial charge in [0.05, 0.1) is 5.75 Å². The third-order valence-electron chi connectivity index (χ3n) is 1.38. The quantitative estimate of drug-likeness (QED) is 0.481. The van der Waals surface area contributed by atoms with Crippen LogP contribution in [0.1, 0.15) is 6.42 Å². The van der Waals surface area contributed by atoms with Gasteiger partial charge >= 0.3 is 0 Å². The van der Waals surface area contributed by atoms with Gasteiger partial charge < -0.3 is 9.47 Å². The van der Waals surface area contributed by atoms with Crippen molar-refractivity contribution >= 4 is 19.7 Å². The van der Waals surface area contributed by atoms with Crippen LogP contribution in [0.5, 0.6) is 0 Å². The van der Waals surface area contributed by atoms with Gasteiger partial charge in [-0.15, -0.1) is 0 Å². The first-order valence-corrected chi connectivity index (χ1v) is 6.79. The molecule has 4 nitrogen and oxygen atoms in total. The summed E-state index contributed by atoms with van der Waals surface area (Å²) in [6.45, 7) is 0. The van der Waals surface area contributed by atoms with Crippen LogP contribution in [0, 0.1) is 0 Å². The predicted octanol–water partition coefficient (Wildman–Crippen LogP) is 0.688. The zero-order chi connectivity index (χ0) is 9.61. The second-order valence-electron chi connectivity index (χ2n) is 2.12. The standard InChI is InChI=1S/C6H14O4S2/c1-9-6(10-2)4-5-12(7,8)11-3/h6H,4-5H2,1-3H3. The second kappa shape index (κ2) is 5.80. The first kappa shape index (κ1) is 12.2. The minimum Gasteiger partial charge on any atom is -0.356 e. The van der Waals surface area contributed by atoms with Gasteiger partial charge in [-0.2, -0.15) is 0 Å². The van der Waals surface area contributed by atoms with E-state index in [9.17, 15) is 8.42 Å². The highest BCUT2D eigenvalue weighted by Crippen LogP contribution is 2.11. The van der Waals surface area contributed by atoms with E-state index in [-0.39, 0.29) is 5.75 Å². The molecular weight excluding hydrogens is 200 g/mol. The van der Waals surface area contributed by atoms with E-state index in [1.807, 2.05) is 0 Å². The average Bonchev–Trinajstić information content (AvgIpc) is 2.06. The summed E-state index contributed by atoms with van der Waals surface area (Å²) >= 11 is 0. The van der Waals surface area contributed by atoms with Crippen LogP contribution >= 0.6 is 10.8 Å². The van der Waals surface area contributed by atoms with Crippen molar-refractivity contribution < 1.29 is 17.9 Å². The fraction of sp³-hybridized carbons (Fsp3) is 1.00. The minimum atomic E-state index is -2.98. The minimum absolute atomic E-state index is 0.0838. The molecule has 0 fully saturated rings. The summed E-state index contributed by atoms with van der Waals surface area (Å²) in [7, 11) is 0.845. The van der Waals surface area contributed by atoms with Crippen molar-refractivity contribution in [2.45, 2.75) is 12.7 Å². The highest BCUT2D eigenvalue weighted by Gasteiger charge is 2.13. The maximum absolute atomic E-state index is 11.0.